The standard InChI is InChI=1S/2C50H86O7S.Ca/c2*1-3-5-7-9-11-13-15-17-19-21-23-25-27-29-31-33-35-37-39-44-56-49(51)46-42-41-43-47(58(53,54)55)48(46)50(52)57-45-40-38-36-34-32-30-28-26-24-22-20-18-16-14-12-10-8-6-4-2;/h2*29-32,41-43H,3-28,33-40,44-45H2,1-2H3,(H,53,54,55);/q;;+2/p-2/b2*31-29+,32-30+;. The van der Waals surface area contributed by atoms with Gasteiger partial charge < -0.3 is 28.1 Å². The zero-order chi connectivity index (χ0) is 84.4. The Balaban J connectivity index is 0.00000228. The van der Waals surface area contributed by atoms with E-state index in [4.69, 9.17) is 18.9 Å². The molecular formula is C100H170CaO14S2. The summed E-state index contributed by atoms with van der Waals surface area (Å²) in [5.74, 6) is -3.68. The first-order chi connectivity index (χ1) is 56.6. The molecule has 117 heavy (non-hydrogen) atoms. The maximum Gasteiger partial charge on any atom is 2.00 e. The van der Waals surface area contributed by atoms with Gasteiger partial charge in [0.15, 0.2) is 0 Å². The van der Waals surface area contributed by atoms with Crippen molar-refractivity contribution >= 4 is 81.9 Å². The molecule has 0 bridgehead atoms. The van der Waals surface area contributed by atoms with Crippen molar-refractivity contribution in [1.82, 2.24) is 0 Å². The molecule has 0 radical (unpaired) electrons. The van der Waals surface area contributed by atoms with Crippen LogP contribution < -0.4 is 0 Å². The summed E-state index contributed by atoms with van der Waals surface area (Å²) in [6.45, 7) is 9.47. The van der Waals surface area contributed by atoms with E-state index in [2.05, 4.69) is 76.3 Å². The molecule has 2 rings (SSSR count). The number of carbonyl (C=O) groups is 4. The van der Waals surface area contributed by atoms with Gasteiger partial charge in [0.05, 0.1) is 58.5 Å². The molecule has 0 heterocycles. The third-order valence-corrected chi connectivity index (χ3v) is 23.8. The monoisotopic (exact) mass is 1700 g/mol. The van der Waals surface area contributed by atoms with Gasteiger partial charge in [0.1, 0.15) is 20.2 Å². The third-order valence-electron chi connectivity index (χ3n) is 22.0. The van der Waals surface area contributed by atoms with Crippen LogP contribution in [0.2, 0.25) is 0 Å². The van der Waals surface area contributed by atoms with E-state index in [9.17, 15) is 45.1 Å². The topological polar surface area (TPSA) is 220 Å². The Hall–Kier alpha value is -3.64. The summed E-state index contributed by atoms with van der Waals surface area (Å²) in [6, 6.07) is 7.22. The molecule has 0 aliphatic rings. The van der Waals surface area contributed by atoms with Crippen LogP contribution >= 0.6 is 0 Å². The van der Waals surface area contributed by atoms with Crippen LogP contribution in [0.1, 0.15) is 506 Å². The number of unbranched alkanes of at least 4 members (excludes halogenated alkanes) is 60. The summed E-state index contributed by atoms with van der Waals surface area (Å²) < 4.78 is 93.6. The Morgan fingerprint density at radius 1 is 0.239 bits per heavy atom. The molecule has 14 nitrogen and oxygen atoms in total. The Labute approximate surface area is 747 Å². The fourth-order valence-electron chi connectivity index (χ4n) is 14.7. The number of rotatable bonds is 82. The van der Waals surface area contributed by atoms with E-state index in [1.54, 1.807) is 0 Å². The van der Waals surface area contributed by atoms with Crippen LogP contribution in [0.4, 0.5) is 0 Å². The molecule has 0 aliphatic carbocycles. The van der Waals surface area contributed by atoms with E-state index in [1.165, 1.54) is 332 Å². The number of esters is 4. The van der Waals surface area contributed by atoms with Crippen molar-refractivity contribution in [3.63, 3.8) is 0 Å². The van der Waals surface area contributed by atoms with Gasteiger partial charge >= 0.3 is 61.6 Å². The number of carbonyl (C=O) groups excluding carboxylic acids is 4. The van der Waals surface area contributed by atoms with Crippen LogP contribution in [0.3, 0.4) is 0 Å². The van der Waals surface area contributed by atoms with Crippen molar-refractivity contribution in [3.8, 4) is 0 Å². The molecular weight excluding hydrogens is 1530 g/mol. The van der Waals surface area contributed by atoms with Gasteiger partial charge in [-0.2, -0.15) is 0 Å². The minimum Gasteiger partial charge on any atom is -0.744 e. The molecule has 0 saturated carbocycles. The largest absolute Gasteiger partial charge is 2.00 e. The molecule has 668 valence electrons. The van der Waals surface area contributed by atoms with E-state index < -0.39 is 65.0 Å². The normalized spacial score (nSPS) is 11.8. The SMILES string of the molecule is CCCCCCCCCCCCCC/C=C/CCCCCOC(=O)c1cccc(S(=O)(=O)[O-])c1C(=O)OCCCCC/C=C/CCCCCCCCCCCCCC.CCCCCCCCCCCCCC/C=C/CCCCCOC(=O)c1cccc(S(=O)(=O)[O-])c1C(=O)OCCCCC/C=C/CCCCCCCCCCCCCC.[Ca+2]. The molecule has 0 N–H and O–H groups in total. The number of hydrogen-bond donors (Lipinski definition) is 0. The second kappa shape index (κ2) is 84.6. The predicted octanol–water partition coefficient (Wildman–Crippen LogP) is 30.3. The van der Waals surface area contributed by atoms with Crippen LogP contribution in [0.15, 0.2) is 94.8 Å². The predicted molar refractivity (Wildman–Crippen MR) is 489 cm³/mol. The fourth-order valence-corrected chi connectivity index (χ4v) is 16.1. The quantitative estimate of drug-likeness (QED) is 0.0150. The van der Waals surface area contributed by atoms with Gasteiger partial charge in [0.2, 0.25) is 0 Å². The van der Waals surface area contributed by atoms with Gasteiger partial charge in [-0.15, -0.1) is 0 Å². The molecule has 0 aliphatic heterocycles. The molecule has 2 aromatic rings. The first-order valence-corrected chi connectivity index (χ1v) is 50.9. The minimum atomic E-state index is -5.03. The Kier molecular flexibility index (Phi) is 81.9. The van der Waals surface area contributed by atoms with Gasteiger partial charge in [-0.3, -0.25) is 0 Å². The van der Waals surface area contributed by atoms with Crippen LogP contribution in [-0.4, -0.2) is 114 Å². The summed E-state index contributed by atoms with van der Waals surface area (Å²) in [5, 5.41) is 0. The Morgan fingerprint density at radius 3 is 0.564 bits per heavy atom. The summed E-state index contributed by atoms with van der Waals surface area (Å²) >= 11 is 0. The fraction of sp³-hybridized carbons (Fsp3) is 0.760. The molecule has 0 spiro atoms. The smallest absolute Gasteiger partial charge is 0.744 e. The van der Waals surface area contributed by atoms with E-state index in [1.807, 2.05) is 0 Å². The summed E-state index contributed by atoms with van der Waals surface area (Å²) in [6.07, 6.45) is 101. The van der Waals surface area contributed by atoms with Gasteiger partial charge in [-0.05, 0) is 178 Å². The molecule has 17 heteroatoms. The number of allylic oxidation sites excluding steroid dienone is 8. The maximum atomic E-state index is 13.0. The van der Waals surface area contributed by atoms with Gasteiger partial charge in [-0.25, -0.2) is 36.0 Å². The van der Waals surface area contributed by atoms with Gasteiger partial charge in [0, 0.05) is 0 Å². The molecule has 0 amide bonds. The van der Waals surface area contributed by atoms with Crippen molar-refractivity contribution in [1.29, 1.82) is 0 Å². The zero-order valence-corrected chi connectivity index (χ0v) is 79.1. The number of hydrogen-bond acceptors (Lipinski definition) is 14. The molecule has 0 atom stereocenters. The third kappa shape index (κ3) is 69.5. The van der Waals surface area contributed by atoms with Gasteiger partial charge in [-0.1, -0.05) is 371 Å². The van der Waals surface area contributed by atoms with E-state index >= 15 is 0 Å². The molecule has 0 unspecified atom stereocenters. The van der Waals surface area contributed by atoms with E-state index in [0.29, 0.717) is 25.7 Å². The average Bonchev–Trinajstić information content (AvgIpc) is 0.796. The van der Waals surface area contributed by atoms with Crippen molar-refractivity contribution in [2.75, 3.05) is 26.4 Å². The number of benzene rings is 2. The average molecular weight is 1700 g/mol. The number of ether oxygens (including phenoxy) is 4. The van der Waals surface area contributed by atoms with Crippen molar-refractivity contribution in [2.24, 2.45) is 0 Å². The van der Waals surface area contributed by atoms with E-state index in [-0.39, 0.29) is 75.3 Å². The van der Waals surface area contributed by atoms with E-state index in [0.717, 1.165) is 115 Å². The van der Waals surface area contributed by atoms with Gasteiger partial charge in [0.25, 0.3) is 0 Å². The Morgan fingerprint density at radius 2 is 0.393 bits per heavy atom. The zero-order valence-electron chi connectivity index (χ0n) is 75.2. The van der Waals surface area contributed by atoms with Crippen LogP contribution in [0.25, 0.3) is 0 Å². The maximum absolute atomic E-state index is 13.0. The molecule has 0 saturated heterocycles. The van der Waals surface area contributed by atoms with Crippen molar-refractivity contribution in [2.45, 2.75) is 474 Å². The summed E-state index contributed by atoms with van der Waals surface area (Å²) in [4.78, 5) is 50.5. The summed E-state index contributed by atoms with van der Waals surface area (Å²) in [7, 11) is -10.1. The molecule has 0 fully saturated rings. The molecule has 2 aromatic carbocycles. The van der Waals surface area contributed by atoms with Crippen molar-refractivity contribution < 1.29 is 64.1 Å². The second-order valence-electron chi connectivity index (χ2n) is 32.8. The minimum absolute atomic E-state index is 0. The first-order valence-electron chi connectivity index (χ1n) is 48.1. The summed E-state index contributed by atoms with van der Waals surface area (Å²) in [5.41, 5.74) is -1.61. The van der Waals surface area contributed by atoms with Crippen molar-refractivity contribution in [3.05, 3.63) is 107 Å². The van der Waals surface area contributed by atoms with Crippen LogP contribution in [-0.2, 0) is 39.2 Å². The Bertz CT molecular complexity index is 2810. The first kappa shape index (κ1) is 113. The second-order valence-corrected chi connectivity index (χ2v) is 35.5. The van der Waals surface area contributed by atoms with Crippen LogP contribution in [0.5, 0.6) is 0 Å². The van der Waals surface area contributed by atoms with Crippen LogP contribution in [0, 0.1) is 0 Å². The molecule has 0 aromatic heterocycles.